The molecule has 0 saturated heterocycles. The molecule has 1 atom stereocenters. The lowest BCUT2D eigenvalue weighted by atomic mass is 10.1. The van der Waals surface area contributed by atoms with Crippen molar-refractivity contribution in [1.82, 2.24) is 10.3 Å². The summed E-state index contributed by atoms with van der Waals surface area (Å²) in [5.74, 6) is -1.78. The molecule has 1 heterocycles. The van der Waals surface area contributed by atoms with Crippen molar-refractivity contribution in [3.8, 4) is 11.3 Å². The first-order chi connectivity index (χ1) is 12.3. The summed E-state index contributed by atoms with van der Waals surface area (Å²) < 4.78 is 5.29. The molecule has 3 N–H and O–H groups in total. The average Bonchev–Trinajstić information content (AvgIpc) is 2.59. The van der Waals surface area contributed by atoms with E-state index in [0.29, 0.717) is 5.69 Å². The molecule has 7 nitrogen and oxygen atoms in total. The first kappa shape index (κ1) is 19.1. The van der Waals surface area contributed by atoms with E-state index in [1.165, 1.54) is 0 Å². The van der Waals surface area contributed by atoms with Crippen molar-refractivity contribution in [2.24, 2.45) is 11.7 Å². The summed E-state index contributed by atoms with van der Waals surface area (Å²) in [5, 5.41) is 1.93. The fraction of sp³-hybridized carbons (Fsp3) is 0.263. The highest BCUT2D eigenvalue weighted by atomic mass is 16.5. The molecular formula is C19H21N3O4. The number of carbonyl (C=O) groups excluding carboxylic acids is 3. The number of aromatic nitrogens is 1. The molecule has 0 fully saturated rings. The van der Waals surface area contributed by atoms with E-state index in [9.17, 15) is 14.4 Å². The van der Waals surface area contributed by atoms with Crippen LogP contribution in [0.5, 0.6) is 0 Å². The Morgan fingerprint density at radius 3 is 2.27 bits per heavy atom. The van der Waals surface area contributed by atoms with Crippen LogP contribution in [0.25, 0.3) is 11.3 Å². The molecule has 1 unspecified atom stereocenters. The number of esters is 1. The van der Waals surface area contributed by atoms with Crippen molar-refractivity contribution >= 4 is 17.9 Å². The molecule has 0 bridgehead atoms. The van der Waals surface area contributed by atoms with E-state index >= 15 is 0 Å². The number of primary amides is 1. The molecule has 136 valence electrons. The topological polar surface area (TPSA) is 111 Å². The number of hydrogen-bond acceptors (Lipinski definition) is 5. The molecule has 1 aromatic carbocycles. The van der Waals surface area contributed by atoms with Gasteiger partial charge in [0.15, 0.2) is 6.10 Å². The third kappa shape index (κ3) is 4.66. The number of nitrogens with one attached hydrogen (secondary N) is 1. The van der Waals surface area contributed by atoms with Crippen LogP contribution in [-0.4, -0.2) is 29.0 Å². The van der Waals surface area contributed by atoms with Gasteiger partial charge in [-0.1, -0.05) is 44.2 Å². The molecule has 0 aliphatic carbocycles. The summed E-state index contributed by atoms with van der Waals surface area (Å²) >= 11 is 0. The van der Waals surface area contributed by atoms with Crippen LogP contribution in [-0.2, 0) is 9.53 Å². The summed E-state index contributed by atoms with van der Waals surface area (Å²) in [5.41, 5.74) is 7.34. The van der Waals surface area contributed by atoms with Crippen LogP contribution in [0.3, 0.4) is 0 Å². The van der Waals surface area contributed by atoms with E-state index in [1.807, 2.05) is 35.6 Å². The van der Waals surface area contributed by atoms with Crippen molar-refractivity contribution in [2.75, 3.05) is 0 Å². The minimum Gasteiger partial charge on any atom is -0.448 e. The van der Waals surface area contributed by atoms with Crippen LogP contribution in [0.2, 0.25) is 0 Å². The molecule has 7 heteroatoms. The van der Waals surface area contributed by atoms with E-state index in [4.69, 9.17) is 10.5 Å². The van der Waals surface area contributed by atoms with Crippen molar-refractivity contribution < 1.29 is 19.1 Å². The Morgan fingerprint density at radius 1 is 1.08 bits per heavy atom. The standard InChI is InChI=1S/C19H21N3O4/c1-11(2)16(17(23)22-19(20)25)26-18(24)14-9-10-15(21-12(14)3)13-7-5-4-6-8-13/h4-11,16H,1-3H3,(H3,20,22,23,25). The van der Waals surface area contributed by atoms with Gasteiger partial charge >= 0.3 is 12.0 Å². The van der Waals surface area contributed by atoms with Crippen molar-refractivity contribution in [1.29, 1.82) is 0 Å². The first-order valence-corrected chi connectivity index (χ1v) is 8.14. The molecule has 1 aromatic heterocycles. The fourth-order valence-electron chi connectivity index (χ4n) is 2.41. The Kier molecular flexibility index (Phi) is 6.06. The quantitative estimate of drug-likeness (QED) is 0.800. The predicted octanol–water partition coefficient (Wildman–Crippen LogP) is 2.43. The minimum atomic E-state index is -1.14. The van der Waals surface area contributed by atoms with Gasteiger partial charge in [-0.15, -0.1) is 0 Å². The lowest BCUT2D eigenvalue weighted by Gasteiger charge is -2.20. The number of hydrogen-bond donors (Lipinski definition) is 2. The highest BCUT2D eigenvalue weighted by Crippen LogP contribution is 2.20. The van der Waals surface area contributed by atoms with E-state index in [-0.39, 0.29) is 11.5 Å². The highest BCUT2D eigenvalue weighted by Gasteiger charge is 2.28. The third-order valence-electron chi connectivity index (χ3n) is 3.72. The summed E-state index contributed by atoms with van der Waals surface area (Å²) in [6.45, 7) is 5.08. The van der Waals surface area contributed by atoms with Gasteiger partial charge in [0, 0.05) is 5.56 Å². The lowest BCUT2D eigenvalue weighted by molar-refractivity contribution is -0.130. The summed E-state index contributed by atoms with van der Waals surface area (Å²) in [7, 11) is 0. The van der Waals surface area contributed by atoms with Gasteiger partial charge in [0.25, 0.3) is 5.91 Å². The Labute approximate surface area is 151 Å². The number of carbonyl (C=O) groups is 3. The Morgan fingerprint density at radius 2 is 1.73 bits per heavy atom. The van der Waals surface area contributed by atoms with Gasteiger partial charge in [-0.25, -0.2) is 9.59 Å². The molecule has 2 rings (SSSR count). The van der Waals surface area contributed by atoms with Crippen LogP contribution in [0, 0.1) is 12.8 Å². The van der Waals surface area contributed by atoms with Gasteiger partial charge in [-0.2, -0.15) is 0 Å². The van der Waals surface area contributed by atoms with Gasteiger partial charge in [0.05, 0.1) is 17.0 Å². The number of ether oxygens (including phenoxy) is 1. The molecule has 26 heavy (non-hydrogen) atoms. The maximum absolute atomic E-state index is 12.5. The summed E-state index contributed by atoms with van der Waals surface area (Å²) in [6.07, 6.45) is -1.14. The summed E-state index contributed by atoms with van der Waals surface area (Å²) in [6, 6.07) is 11.9. The highest BCUT2D eigenvalue weighted by molar-refractivity contribution is 5.98. The van der Waals surface area contributed by atoms with Crippen LogP contribution in [0.4, 0.5) is 4.79 Å². The second-order valence-electron chi connectivity index (χ2n) is 6.12. The smallest absolute Gasteiger partial charge is 0.340 e. The number of rotatable bonds is 5. The SMILES string of the molecule is Cc1nc(-c2ccccc2)ccc1C(=O)OC(C(=O)NC(N)=O)C(C)C. The van der Waals surface area contributed by atoms with Gasteiger partial charge < -0.3 is 10.5 Å². The predicted molar refractivity (Wildman–Crippen MR) is 96.2 cm³/mol. The normalized spacial score (nSPS) is 11.7. The molecule has 0 radical (unpaired) electrons. The largest absolute Gasteiger partial charge is 0.448 e. The third-order valence-corrected chi connectivity index (χ3v) is 3.72. The second kappa shape index (κ2) is 8.24. The Bertz CT molecular complexity index is 819. The van der Waals surface area contributed by atoms with Crippen molar-refractivity contribution in [3.05, 3.63) is 53.7 Å². The maximum atomic E-state index is 12.5. The molecule has 0 aliphatic rings. The number of amides is 3. The monoisotopic (exact) mass is 355 g/mol. The van der Waals surface area contributed by atoms with E-state index < -0.39 is 24.0 Å². The fourth-order valence-corrected chi connectivity index (χ4v) is 2.41. The number of nitrogens with zero attached hydrogens (tertiary/aromatic N) is 1. The van der Waals surface area contributed by atoms with Gasteiger partial charge in [-0.05, 0) is 25.0 Å². The molecule has 0 aliphatic heterocycles. The van der Waals surface area contributed by atoms with Crippen molar-refractivity contribution in [3.63, 3.8) is 0 Å². The van der Waals surface area contributed by atoms with Crippen LogP contribution in [0.15, 0.2) is 42.5 Å². The zero-order chi connectivity index (χ0) is 19.3. The van der Waals surface area contributed by atoms with Gasteiger partial charge in [-0.3, -0.25) is 15.1 Å². The molecular weight excluding hydrogens is 334 g/mol. The van der Waals surface area contributed by atoms with Gasteiger partial charge in [0.2, 0.25) is 0 Å². The van der Waals surface area contributed by atoms with E-state index in [0.717, 1.165) is 11.3 Å². The first-order valence-electron chi connectivity index (χ1n) is 8.14. The van der Waals surface area contributed by atoms with Crippen molar-refractivity contribution in [2.45, 2.75) is 26.9 Å². The number of benzene rings is 1. The molecule has 3 amide bonds. The number of urea groups is 1. The van der Waals surface area contributed by atoms with Crippen LogP contribution < -0.4 is 11.1 Å². The average molecular weight is 355 g/mol. The van der Waals surface area contributed by atoms with E-state index in [1.54, 1.807) is 32.9 Å². The second-order valence-corrected chi connectivity index (χ2v) is 6.12. The zero-order valence-corrected chi connectivity index (χ0v) is 14.9. The van der Waals surface area contributed by atoms with E-state index in [2.05, 4.69) is 4.98 Å². The van der Waals surface area contributed by atoms with Crippen LogP contribution >= 0.6 is 0 Å². The number of pyridine rings is 1. The zero-order valence-electron chi connectivity index (χ0n) is 14.9. The number of aryl methyl sites for hydroxylation is 1. The lowest BCUT2D eigenvalue weighted by Crippen LogP contribution is -2.45. The van der Waals surface area contributed by atoms with Gasteiger partial charge in [0.1, 0.15) is 0 Å². The van der Waals surface area contributed by atoms with Crippen LogP contribution in [0.1, 0.15) is 29.9 Å². The number of imide groups is 1. The molecule has 0 spiro atoms. The minimum absolute atomic E-state index is 0.252. The Hall–Kier alpha value is -3.22. The maximum Gasteiger partial charge on any atom is 0.340 e. The molecule has 2 aromatic rings. The Balaban J connectivity index is 2.20. The summed E-state index contributed by atoms with van der Waals surface area (Å²) in [4.78, 5) is 39.7. The number of nitrogens with two attached hydrogens (primary N) is 1. The molecule has 0 saturated carbocycles.